The standard InChI is InChI=1S/C24H29N5O/c30-21(16-18-8-2-1-3-9-18)29-15-7-13-24(17-29)23(26-19-10-4-5-11-19)27-22-20(28-24)12-6-14-25-22/h1-3,6,8-9,12,14,19,28H,4-5,7,10-11,13,15-17H2,(H,25,26,27)/t24-/m0/s1. The Morgan fingerprint density at radius 2 is 1.97 bits per heavy atom. The molecule has 2 aromatic rings. The Morgan fingerprint density at radius 3 is 2.80 bits per heavy atom. The third-order valence-corrected chi connectivity index (χ3v) is 6.55. The second-order valence-electron chi connectivity index (χ2n) is 8.73. The van der Waals surface area contributed by atoms with Gasteiger partial charge in [0.2, 0.25) is 5.91 Å². The molecule has 0 unspecified atom stereocenters. The van der Waals surface area contributed by atoms with Gasteiger partial charge in [-0.3, -0.25) is 9.79 Å². The zero-order valence-corrected chi connectivity index (χ0v) is 17.3. The van der Waals surface area contributed by atoms with Crippen molar-refractivity contribution in [2.24, 2.45) is 4.99 Å². The third-order valence-electron chi connectivity index (χ3n) is 6.55. The highest BCUT2D eigenvalue weighted by Crippen LogP contribution is 2.36. The Morgan fingerprint density at radius 1 is 1.13 bits per heavy atom. The van der Waals surface area contributed by atoms with Crippen LogP contribution in [0.1, 0.15) is 44.1 Å². The lowest BCUT2D eigenvalue weighted by molar-refractivity contribution is -0.131. The zero-order valence-electron chi connectivity index (χ0n) is 17.3. The van der Waals surface area contributed by atoms with Crippen LogP contribution < -0.4 is 10.6 Å². The van der Waals surface area contributed by atoms with E-state index in [1.54, 1.807) is 6.20 Å². The van der Waals surface area contributed by atoms with Gasteiger partial charge in [0.15, 0.2) is 5.82 Å². The molecule has 0 radical (unpaired) electrons. The number of fused-ring (bicyclic) bond motifs is 1. The van der Waals surface area contributed by atoms with E-state index in [0.717, 1.165) is 55.1 Å². The molecule has 6 nitrogen and oxygen atoms in total. The molecule has 30 heavy (non-hydrogen) atoms. The van der Waals surface area contributed by atoms with Gasteiger partial charge in [0.25, 0.3) is 0 Å². The number of aromatic nitrogens is 1. The fourth-order valence-electron chi connectivity index (χ4n) is 4.97. The van der Waals surface area contributed by atoms with Crippen molar-refractivity contribution in [1.29, 1.82) is 0 Å². The van der Waals surface area contributed by atoms with Crippen LogP contribution in [0.3, 0.4) is 0 Å². The van der Waals surface area contributed by atoms with Crippen molar-refractivity contribution in [3.05, 3.63) is 54.2 Å². The number of rotatable bonds is 3. The molecule has 6 heteroatoms. The van der Waals surface area contributed by atoms with Gasteiger partial charge < -0.3 is 15.5 Å². The quantitative estimate of drug-likeness (QED) is 0.816. The number of aliphatic imine (C=N–C) groups is 1. The van der Waals surface area contributed by atoms with Gasteiger partial charge in [0.1, 0.15) is 11.4 Å². The summed E-state index contributed by atoms with van der Waals surface area (Å²) < 4.78 is 0. The molecule has 2 aliphatic heterocycles. The molecule has 2 fully saturated rings. The van der Waals surface area contributed by atoms with E-state index in [1.165, 1.54) is 12.8 Å². The molecule has 1 atom stereocenters. The summed E-state index contributed by atoms with van der Waals surface area (Å²) in [6, 6.07) is 14.4. The number of likely N-dealkylation sites (tertiary alicyclic amines) is 1. The van der Waals surface area contributed by atoms with E-state index < -0.39 is 0 Å². The lowest BCUT2D eigenvalue weighted by Gasteiger charge is -2.47. The minimum atomic E-state index is -0.372. The smallest absolute Gasteiger partial charge is 0.227 e. The van der Waals surface area contributed by atoms with E-state index in [-0.39, 0.29) is 11.4 Å². The van der Waals surface area contributed by atoms with Crippen LogP contribution in [0.25, 0.3) is 0 Å². The number of hydrogen-bond acceptors (Lipinski definition) is 4. The van der Waals surface area contributed by atoms with Gasteiger partial charge in [-0.1, -0.05) is 43.2 Å². The summed E-state index contributed by atoms with van der Waals surface area (Å²) in [6.45, 7) is 1.43. The Kier molecular flexibility index (Phi) is 5.15. The summed E-state index contributed by atoms with van der Waals surface area (Å²) >= 11 is 0. The number of carbonyl (C=O) groups excluding carboxylic acids is 1. The van der Waals surface area contributed by atoms with E-state index >= 15 is 0 Å². The van der Waals surface area contributed by atoms with Crippen molar-refractivity contribution in [1.82, 2.24) is 9.88 Å². The van der Waals surface area contributed by atoms with Gasteiger partial charge in [-0.25, -0.2) is 4.98 Å². The second kappa shape index (κ2) is 8.09. The number of pyridine rings is 1. The maximum absolute atomic E-state index is 13.1. The van der Waals surface area contributed by atoms with Gasteiger partial charge in [-0.15, -0.1) is 0 Å². The molecule has 0 bridgehead atoms. The first kappa shape index (κ1) is 19.1. The molecule has 1 aromatic heterocycles. The number of amides is 1. The van der Waals surface area contributed by atoms with E-state index in [9.17, 15) is 4.79 Å². The summed E-state index contributed by atoms with van der Waals surface area (Å²) in [6.07, 6.45) is 8.94. The van der Waals surface area contributed by atoms with Crippen LogP contribution in [-0.4, -0.2) is 46.3 Å². The number of benzene rings is 1. The van der Waals surface area contributed by atoms with Gasteiger partial charge in [0.05, 0.1) is 24.7 Å². The lowest BCUT2D eigenvalue weighted by atomic mass is 9.85. The predicted molar refractivity (Wildman–Crippen MR) is 120 cm³/mol. The van der Waals surface area contributed by atoms with Crippen molar-refractivity contribution in [2.75, 3.05) is 23.7 Å². The van der Waals surface area contributed by atoms with Crippen LogP contribution in [0, 0.1) is 0 Å². The van der Waals surface area contributed by atoms with Gasteiger partial charge in [-0.2, -0.15) is 0 Å². The third kappa shape index (κ3) is 3.78. The van der Waals surface area contributed by atoms with E-state index in [0.29, 0.717) is 19.0 Å². The van der Waals surface area contributed by atoms with Crippen LogP contribution in [0.5, 0.6) is 0 Å². The fraction of sp³-hybridized carbons (Fsp3) is 0.458. The normalized spacial score (nSPS) is 25.1. The molecule has 1 aliphatic carbocycles. The Balaban J connectivity index is 1.42. The number of hydrogen-bond donors (Lipinski definition) is 2. The molecule has 1 saturated carbocycles. The molecule has 1 spiro atoms. The first-order valence-electron chi connectivity index (χ1n) is 11.1. The first-order chi connectivity index (χ1) is 14.7. The van der Waals surface area contributed by atoms with E-state index in [2.05, 4.69) is 15.6 Å². The maximum Gasteiger partial charge on any atom is 0.227 e. The predicted octanol–water partition coefficient (Wildman–Crippen LogP) is 3.86. The van der Waals surface area contributed by atoms with Crippen molar-refractivity contribution in [3.63, 3.8) is 0 Å². The average molecular weight is 404 g/mol. The van der Waals surface area contributed by atoms with Crippen LogP contribution >= 0.6 is 0 Å². The fourth-order valence-corrected chi connectivity index (χ4v) is 4.97. The zero-order chi connectivity index (χ0) is 20.4. The molecule has 5 rings (SSSR count). The second-order valence-corrected chi connectivity index (χ2v) is 8.73. The van der Waals surface area contributed by atoms with Crippen molar-refractivity contribution < 1.29 is 4.79 Å². The highest BCUT2D eigenvalue weighted by atomic mass is 16.2. The molecule has 3 aliphatic rings. The molecule has 1 amide bonds. The Hall–Kier alpha value is -2.89. The summed E-state index contributed by atoms with van der Waals surface area (Å²) in [4.78, 5) is 24.8. The highest BCUT2D eigenvalue weighted by molar-refractivity contribution is 6.09. The number of nitrogens with one attached hydrogen (secondary N) is 2. The van der Waals surface area contributed by atoms with Crippen molar-refractivity contribution in [2.45, 2.75) is 56.5 Å². The number of anilines is 2. The molecular formula is C24H29N5O. The lowest BCUT2D eigenvalue weighted by Crippen LogP contribution is -2.63. The first-order valence-corrected chi connectivity index (χ1v) is 11.1. The summed E-state index contributed by atoms with van der Waals surface area (Å²) in [5, 5.41) is 7.27. The Bertz CT molecular complexity index is 938. The molecule has 156 valence electrons. The number of nitrogens with zero attached hydrogens (tertiary/aromatic N) is 3. The monoisotopic (exact) mass is 403 g/mol. The summed E-state index contributed by atoms with van der Waals surface area (Å²) in [7, 11) is 0. The number of piperidine rings is 1. The highest BCUT2D eigenvalue weighted by Gasteiger charge is 2.45. The van der Waals surface area contributed by atoms with Crippen molar-refractivity contribution >= 4 is 23.2 Å². The molecule has 3 heterocycles. The largest absolute Gasteiger partial charge is 0.368 e. The van der Waals surface area contributed by atoms with E-state index in [4.69, 9.17) is 4.99 Å². The minimum absolute atomic E-state index is 0.180. The molecule has 2 N–H and O–H groups in total. The molecule has 1 saturated heterocycles. The van der Waals surface area contributed by atoms with Gasteiger partial charge in [-0.05, 0) is 43.4 Å². The molecular weight excluding hydrogens is 374 g/mol. The molecule has 1 aromatic carbocycles. The maximum atomic E-state index is 13.1. The Labute approximate surface area is 177 Å². The van der Waals surface area contributed by atoms with Crippen LogP contribution in [0.2, 0.25) is 0 Å². The summed E-state index contributed by atoms with van der Waals surface area (Å²) in [5.41, 5.74) is 1.68. The van der Waals surface area contributed by atoms with Crippen molar-refractivity contribution in [3.8, 4) is 0 Å². The van der Waals surface area contributed by atoms with Gasteiger partial charge in [0, 0.05) is 12.7 Å². The average Bonchev–Trinajstić information content (AvgIpc) is 3.28. The topological polar surface area (TPSA) is 69.6 Å². The SMILES string of the molecule is O=C(Cc1ccccc1)N1CCC[C@@]2(C1)Nc1cccnc1NC2=NC1CCCC1. The van der Waals surface area contributed by atoms with E-state index in [1.807, 2.05) is 47.4 Å². The number of carbonyl (C=O) groups is 1. The van der Waals surface area contributed by atoms with Crippen LogP contribution in [-0.2, 0) is 11.2 Å². The van der Waals surface area contributed by atoms with Crippen LogP contribution in [0.4, 0.5) is 11.5 Å². The van der Waals surface area contributed by atoms with Crippen LogP contribution in [0.15, 0.2) is 53.7 Å². The minimum Gasteiger partial charge on any atom is -0.368 e. The number of amidine groups is 1. The summed E-state index contributed by atoms with van der Waals surface area (Å²) in [5.74, 6) is 1.96. The van der Waals surface area contributed by atoms with Gasteiger partial charge >= 0.3 is 0 Å².